The highest BCUT2D eigenvalue weighted by atomic mass is 16.5. The molecule has 0 aromatic heterocycles. The Balaban J connectivity index is 0.000000411. The lowest BCUT2D eigenvalue weighted by atomic mass is 10.2. The van der Waals surface area contributed by atoms with Crippen molar-refractivity contribution in [2.45, 2.75) is 19.9 Å². The average molecular weight is 255 g/mol. The van der Waals surface area contributed by atoms with Crippen LogP contribution in [-0.4, -0.2) is 34.8 Å². The van der Waals surface area contributed by atoms with Crippen LogP contribution in [-0.2, 0) is 9.59 Å². The maximum absolute atomic E-state index is 9.10. The van der Waals surface area contributed by atoms with Crippen molar-refractivity contribution in [1.29, 1.82) is 0 Å². The van der Waals surface area contributed by atoms with Crippen molar-refractivity contribution in [3.63, 3.8) is 0 Å². The van der Waals surface area contributed by atoms with Crippen molar-refractivity contribution < 1.29 is 24.5 Å². The number of ether oxygens (including phenoxy) is 1. The fourth-order valence-electron chi connectivity index (χ4n) is 0.933. The van der Waals surface area contributed by atoms with Gasteiger partial charge in [0, 0.05) is 6.04 Å². The zero-order valence-electron chi connectivity index (χ0n) is 10.3. The molecular weight excluding hydrogens is 238 g/mol. The van der Waals surface area contributed by atoms with Crippen molar-refractivity contribution in [2.24, 2.45) is 5.73 Å². The number of hydrogen-bond acceptors (Lipinski definition) is 4. The maximum atomic E-state index is 9.10. The van der Waals surface area contributed by atoms with E-state index in [-0.39, 0.29) is 6.04 Å². The second-order valence-electron chi connectivity index (χ2n) is 3.72. The third-order valence-corrected chi connectivity index (χ3v) is 1.69. The van der Waals surface area contributed by atoms with E-state index in [2.05, 4.69) is 0 Å². The summed E-state index contributed by atoms with van der Waals surface area (Å²) in [7, 11) is 0. The van der Waals surface area contributed by atoms with Crippen LogP contribution in [0.15, 0.2) is 24.3 Å². The normalized spacial score (nSPS) is 10.8. The van der Waals surface area contributed by atoms with Crippen LogP contribution in [0.1, 0.15) is 12.5 Å². The van der Waals surface area contributed by atoms with Gasteiger partial charge in [-0.25, -0.2) is 9.59 Å². The molecule has 0 heterocycles. The minimum absolute atomic E-state index is 0.0884. The summed E-state index contributed by atoms with van der Waals surface area (Å²) in [6.45, 7) is 4.54. The van der Waals surface area contributed by atoms with Crippen LogP contribution in [0.3, 0.4) is 0 Å². The lowest BCUT2D eigenvalue weighted by molar-refractivity contribution is -0.159. The fraction of sp³-hybridized carbons (Fsp3) is 0.333. The zero-order chi connectivity index (χ0) is 14.1. The molecule has 1 atom stereocenters. The summed E-state index contributed by atoms with van der Waals surface area (Å²) in [5, 5.41) is 14.8. The minimum Gasteiger partial charge on any atom is -0.492 e. The molecule has 0 aliphatic rings. The lowest BCUT2D eigenvalue weighted by Gasteiger charge is -2.08. The van der Waals surface area contributed by atoms with E-state index in [1.165, 1.54) is 5.56 Å². The molecule has 6 nitrogen and oxygen atoms in total. The number of carbonyl (C=O) groups is 2. The number of benzene rings is 1. The molecule has 0 saturated heterocycles. The van der Waals surface area contributed by atoms with Gasteiger partial charge in [-0.1, -0.05) is 12.1 Å². The van der Waals surface area contributed by atoms with Crippen molar-refractivity contribution in [3.8, 4) is 5.75 Å². The third kappa shape index (κ3) is 8.12. The van der Waals surface area contributed by atoms with E-state index in [0.29, 0.717) is 6.61 Å². The van der Waals surface area contributed by atoms with Gasteiger partial charge in [-0.2, -0.15) is 0 Å². The molecule has 1 aromatic carbocycles. The van der Waals surface area contributed by atoms with Crippen LogP contribution >= 0.6 is 0 Å². The fourth-order valence-corrected chi connectivity index (χ4v) is 0.933. The molecule has 0 saturated carbocycles. The maximum Gasteiger partial charge on any atom is 0.414 e. The van der Waals surface area contributed by atoms with Crippen molar-refractivity contribution >= 4 is 11.9 Å². The van der Waals surface area contributed by atoms with Crippen LogP contribution in [0, 0.1) is 6.92 Å². The van der Waals surface area contributed by atoms with Gasteiger partial charge in [-0.15, -0.1) is 0 Å². The molecule has 0 fully saturated rings. The van der Waals surface area contributed by atoms with E-state index < -0.39 is 11.9 Å². The predicted molar refractivity (Wildman–Crippen MR) is 65.6 cm³/mol. The first-order chi connectivity index (χ1) is 8.32. The number of aliphatic carboxylic acids is 2. The monoisotopic (exact) mass is 255 g/mol. The van der Waals surface area contributed by atoms with Gasteiger partial charge in [0.2, 0.25) is 0 Å². The van der Waals surface area contributed by atoms with Crippen LogP contribution in [0.5, 0.6) is 5.75 Å². The third-order valence-electron chi connectivity index (χ3n) is 1.69. The van der Waals surface area contributed by atoms with Gasteiger partial charge in [0.05, 0.1) is 0 Å². The Labute approximate surface area is 105 Å². The highest BCUT2D eigenvalue weighted by Crippen LogP contribution is 2.11. The number of rotatable bonds is 3. The Morgan fingerprint density at radius 1 is 1.33 bits per heavy atom. The Hall–Kier alpha value is -2.08. The zero-order valence-corrected chi connectivity index (χ0v) is 10.3. The molecule has 100 valence electrons. The highest BCUT2D eigenvalue weighted by Gasteiger charge is 2.04. The first-order valence-electron chi connectivity index (χ1n) is 5.24. The molecular formula is C12H17NO5. The standard InChI is InChI=1S/C10H15NO.C2H2O4/c1-8-4-3-5-10(6-8)12-7-9(2)11;3-1(4)2(5)6/h3-6,9H,7,11H2,1-2H3;(H,3,4)(H,5,6). The van der Waals surface area contributed by atoms with Gasteiger partial charge in [0.25, 0.3) is 0 Å². The summed E-state index contributed by atoms with van der Waals surface area (Å²) in [6.07, 6.45) is 0. The summed E-state index contributed by atoms with van der Waals surface area (Å²) < 4.78 is 5.42. The molecule has 1 rings (SSSR count). The number of hydrogen-bond donors (Lipinski definition) is 3. The molecule has 18 heavy (non-hydrogen) atoms. The summed E-state index contributed by atoms with van der Waals surface area (Å²) in [4.78, 5) is 18.2. The quantitative estimate of drug-likeness (QED) is 0.691. The number of aryl methyl sites for hydroxylation is 1. The molecule has 1 aromatic rings. The van der Waals surface area contributed by atoms with Crippen LogP contribution < -0.4 is 10.5 Å². The SMILES string of the molecule is Cc1cccc(OCC(C)N)c1.O=C(O)C(=O)O. The molecule has 0 spiro atoms. The van der Waals surface area contributed by atoms with Crippen LogP contribution in [0.25, 0.3) is 0 Å². The second-order valence-corrected chi connectivity index (χ2v) is 3.72. The minimum atomic E-state index is -1.82. The number of nitrogens with two attached hydrogens (primary N) is 1. The Morgan fingerprint density at radius 2 is 1.89 bits per heavy atom. The van der Waals surface area contributed by atoms with Gasteiger partial charge >= 0.3 is 11.9 Å². The second kappa shape index (κ2) is 8.08. The molecule has 0 bridgehead atoms. The van der Waals surface area contributed by atoms with Crippen molar-refractivity contribution in [1.82, 2.24) is 0 Å². The topological polar surface area (TPSA) is 110 Å². The number of carboxylic acids is 2. The summed E-state index contributed by atoms with van der Waals surface area (Å²) in [6, 6.07) is 8.05. The van der Waals surface area contributed by atoms with Gasteiger partial charge in [0.1, 0.15) is 12.4 Å². The smallest absolute Gasteiger partial charge is 0.414 e. The summed E-state index contributed by atoms with van der Waals surface area (Å²) >= 11 is 0. The first kappa shape index (κ1) is 15.9. The van der Waals surface area contributed by atoms with E-state index in [1.54, 1.807) is 0 Å². The molecule has 1 unspecified atom stereocenters. The highest BCUT2D eigenvalue weighted by molar-refractivity contribution is 6.27. The van der Waals surface area contributed by atoms with Crippen LogP contribution in [0.2, 0.25) is 0 Å². The Bertz CT molecular complexity index is 391. The Morgan fingerprint density at radius 3 is 2.28 bits per heavy atom. The predicted octanol–water partition coefficient (Wildman–Crippen LogP) is 0.877. The van der Waals surface area contributed by atoms with Gasteiger partial charge in [-0.3, -0.25) is 0 Å². The van der Waals surface area contributed by atoms with E-state index in [4.69, 9.17) is 30.3 Å². The summed E-state index contributed by atoms with van der Waals surface area (Å²) in [5.41, 5.74) is 6.76. The molecule has 0 aliphatic carbocycles. The van der Waals surface area contributed by atoms with E-state index in [0.717, 1.165) is 5.75 Å². The largest absolute Gasteiger partial charge is 0.492 e. The Kier molecular flexibility index (Phi) is 7.14. The van der Waals surface area contributed by atoms with Crippen LogP contribution in [0.4, 0.5) is 0 Å². The van der Waals surface area contributed by atoms with Crippen molar-refractivity contribution in [3.05, 3.63) is 29.8 Å². The van der Waals surface area contributed by atoms with Gasteiger partial charge in [-0.05, 0) is 31.5 Å². The van der Waals surface area contributed by atoms with E-state index >= 15 is 0 Å². The molecule has 0 amide bonds. The average Bonchev–Trinajstić information content (AvgIpc) is 2.27. The van der Waals surface area contributed by atoms with Crippen molar-refractivity contribution in [2.75, 3.05) is 6.61 Å². The first-order valence-corrected chi connectivity index (χ1v) is 5.24. The summed E-state index contributed by atoms with van der Waals surface area (Å²) in [5.74, 6) is -2.75. The van der Waals surface area contributed by atoms with Gasteiger partial charge in [0.15, 0.2) is 0 Å². The number of carboxylic acid groups (broad SMARTS) is 2. The molecule has 0 aliphatic heterocycles. The lowest BCUT2D eigenvalue weighted by Crippen LogP contribution is -2.23. The van der Waals surface area contributed by atoms with Gasteiger partial charge < -0.3 is 20.7 Å². The molecule has 6 heteroatoms. The van der Waals surface area contributed by atoms with E-state index in [1.807, 2.05) is 38.1 Å². The van der Waals surface area contributed by atoms with E-state index in [9.17, 15) is 0 Å². The molecule has 0 radical (unpaired) electrons. The molecule has 4 N–H and O–H groups in total.